The zero-order chi connectivity index (χ0) is 14.1. The third kappa shape index (κ3) is 2.91. The Balaban J connectivity index is 2.02. The number of hydrogen-bond acceptors (Lipinski definition) is 5. The van der Waals surface area contributed by atoms with Gasteiger partial charge in [0, 0.05) is 25.5 Å². The lowest BCUT2D eigenvalue weighted by atomic mass is 10.0. The molecule has 0 aliphatic carbocycles. The van der Waals surface area contributed by atoms with E-state index in [-0.39, 0.29) is 18.0 Å². The van der Waals surface area contributed by atoms with Crippen molar-refractivity contribution in [3.8, 4) is 0 Å². The highest BCUT2D eigenvalue weighted by Crippen LogP contribution is 2.30. The zero-order valence-corrected chi connectivity index (χ0v) is 11.1. The van der Waals surface area contributed by atoms with Crippen LogP contribution in [0.3, 0.4) is 0 Å². The van der Waals surface area contributed by atoms with Crippen molar-refractivity contribution in [1.29, 1.82) is 0 Å². The van der Waals surface area contributed by atoms with E-state index in [1.54, 1.807) is 13.0 Å². The van der Waals surface area contributed by atoms with Crippen molar-refractivity contribution in [3.63, 3.8) is 0 Å². The number of ether oxygens (including phenoxy) is 1. The molecule has 2 heterocycles. The molecular formula is C11H14N2O5S. The first-order valence-electron chi connectivity index (χ1n) is 5.59. The standard InChI is InChI=1S/C11H14N2O5S/c1-11(18-6-10(14)15)7-13(8-11)19(16,17)9-3-2-4-12-5-9/h2-5H,6-8H2,1H3,(H,14,15). The Kier molecular flexibility index (Phi) is 3.57. The van der Waals surface area contributed by atoms with Gasteiger partial charge in [0.25, 0.3) is 0 Å². The first kappa shape index (κ1) is 13.9. The first-order chi connectivity index (χ1) is 8.83. The van der Waals surface area contributed by atoms with E-state index in [0.717, 1.165) is 0 Å². The van der Waals surface area contributed by atoms with E-state index in [9.17, 15) is 13.2 Å². The van der Waals surface area contributed by atoms with E-state index in [1.165, 1.54) is 22.8 Å². The molecule has 1 N–H and O–H groups in total. The molecular weight excluding hydrogens is 272 g/mol. The molecule has 1 aliphatic rings. The van der Waals surface area contributed by atoms with Crippen LogP contribution in [-0.2, 0) is 19.6 Å². The topological polar surface area (TPSA) is 96.8 Å². The Morgan fingerprint density at radius 1 is 1.58 bits per heavy atom. The van der Waals surface area contributed by atoms with Crippen LogP contribution in [0.25, 0.3) is 0 Å². The first-order valence-corrected chi connectivity index (χ1v) is 7.03. The van der Waals surface area contributed by atoms with Crippen LogP contribution < -0.4 is 0 Å². The van der Waals surface area contributed by atoms with E-state index in [1.807, 2.05) is 0 Å². The minimum absolute atomic E-state index is 0.121. The molecule has 104 valence electrons. The summed E-state index contributed by atoms with van der Waals surface area (Å²) in [7, 11) is -3.57. The van der Waals surface area contributed by atoms with E-state index in [2.05, 4.69) is 4.98 Å². The smallest absolute Gasteiger partial charge is 0.329 e. The van der Waals surface area contributed by atoms with Crippen molar-refractivity contribution in [1.82, 2.24) is 9.29 Å². The molecule has 1 fully saturated rings. The maximum absolute atomic E-state index is 12.2. The third-order valence-electron chi connectivity index (χ3n) is 2.84. The summed E-state index contributed by atoms with van der Waals surface area (Å²) in [4.78, 5) is 14.3. The largest absolute Gasteiger partial charge is 0.480 e. The molecule has 0 spiro atoms. The van der Waals surface area contributed by atoms with Crippen molar-refractivity contribution >= 4 is 16.0 Å². The van der Waals surface area contributed by atoms with Crippen molar-refractivity contribution in [2.75, 3.05) is 19.7 Å². The number of aliphatic carboxylic acids is 1. The summed E-state index contributed by atoms with van der Waals surface area (Å²) in [6.45, 7) is 1.53. The molecule has 0 radical (unpaired) electrons. The van der Waals surface area contributed by atoms with Crippen molar-refractivity contribution < 1.29 is 23.1 Å². The summed E-state index contributed by atoms with van der Waals surface area (Å²) in [6.07, 6.45) is 2.78. The summed E-state index contributed by atoms with van der Waals surface area (Å²) in [5.74, 6) is -1.07. The Labute approximate surface area is 110 Å². The number of sulfonamides is 1. The number of nitrogens with zero attached hydrogens (tertiary/aromatic N) is 2. The molecule has 1 saturated heterocycles. The molecule has 2 rings (SSSR count). The summed E-state index contributed by atoms with van der Waals surface area (Å²) < 4.78 is 30.7. The summed E-state index contributed by atoms with van der Waals surface area (Å²) in [5, 5.41) is 8.54. The van der Waals surface area contributed by atoms with Crippen molar-refractivity contribution in [2.24, 2.45) is 0 Å². The molecule has 0 saturated carbocycles. The van der Waals surface area contributed by atoms with Gasteiger partial charge in [0.1, 0.15) is 11.5 Å². The van der Waals surface area contributed by atoms with Crippen LogP contribution in [0.2, 0.25) is 0 Å². The quantitative estimate of drug-likeness (QED) is 0.815. The zero-order valence-electron chi connectivity index (χ0n) is 10.3. The minimum atomic E-state index is -3.57. The number of carbonyl (C=O) groups is 1. The Morgan fingerprint density at radius 2 is 2.26 bits per heavy atom. The molecule has 0 atom stereocenters. The summed E-state index contributed by atoms with van der Waals surface area (Å²) in [6, 6.07) is 3.02. The van der Waals surface area contributed by atoms with E-state index >= 15 is 0 Å². The van der Waals surface area contributed by atoms with Gasteiger partial charge in [-0.05, 0) is 19.1 Å². The summed E-state index contributed by atoms with van der Waals surface area (Å²) >= 11 is 0. The molecule has 0 bridgehead atoms. The average molecular weight is 286 g/mol. The predicted molar refractivity (Wildman–Crippen MR) is 65.0 cm³/mol. The second kappa shape index (κ2) is 4.87. The van der Waals surface area contributed by atoms with Gasteiger partial charge < -0.3 is 9.84 Å². The SMILES string of the molecule is CC1(OCC(=O)O)CN(S(=O)(=O)c2cccnc2)C1. The van der Waals surface area contributed by atoms with Crippen LogP contribution in [0.1, 0.15) is 6.92 Å². The third-order valence-corrected chi connectivity index (χ3v) is 4.61. The highest BCUT2D eigenvalue weighted by atomic mass is 32.2. The van der Waals surface area contributed by atoms with Crippen LogP contribution in [-0.4, -0.2) is 54.1 Å². The fourth-order valence-electron chi connectivity index (χ4n) is 1.85. The van der Waals surface area contributed by atoms with Crippen LogP contribution in [0.5, 0.6) is 0 Å². The van der Waals surface area contributed by atoms with Gasteiger partial charge in [-0.2, -0.15) is 4.31 Å². The molecule has 7 nitrogen and oxygen atoms in total. The molecule has 1 aliphatic heterocycles. The van der Waals surface area contributed by atoms with E-state index in [0.29, 0.717) is 0 Å². The normalized spacial score (nSPS) is 18.8. The van der Waals surface area contributed by atoms with Crippen LogP contribution in [0.15, 0.2) is 29.4 Å². The van der Waals surface area contributed by atoms with Crippen LogP contribution in [0, 0.1) is 0 Å². The lowest BCUT2D eigenvalue weighted by Gasteiger charge is -2.45. The lowest BCUT2D eigenvalue weighted by molar-refractivity contribution is -0.157. The van der Waals surface area contributed by atoms with Crippen molar-refractivity contribution in [3.05, 3.63) is 24.5 Å². The maximum Gasteiger partial charge on any atom is 0.329 e. The fraction of sp³-hybridized carbons (Fsp3) is 0.455. The number of aromatic nitrogens is 1. The fourth-order valence-corrected chi connectivity index (χ4v) is 3.47. The highest BCUT2D eigenvalue weighted by Gasteiger charge is 2.46. The number of hydrogen-bond donors (Lipinski definition) is 1. The Hall–Kier alpha value is -1.51. The maximum atomic E-state index is 12.2. The predicted octanol–water partition coefficient (Wildman–Crippen LogP) is -0.0542. The lowest BCUT2D eigenvalue weighted by Crippen LogP contribution is -2.63. The number of carboxylic acids is 1. The van der Waals surface area contributed by atoms with Crippen LogP contribution >= 0.6 is 0 Å². The molecule has 1 aromatic rings. The van der Waals surface area contributed by atoms with Crippen molar-refractivity contribution in [2.45, 2.75) is 17.4 Å². The van der Waals surface area contributed by atoms with Gasteiger partial charge in [0.2, 0.25) is 10.0 Å². The van der Waals surface area contributed by atoms with Crippen LogP contribution in [0.4, 0.5) is 0 Å². The molecule has 0 unspecified atom stereocenters. The van der Waals surface area contributed by atoms with Gasteiger partial charge in [-0.15, -0.1) is 0 Å². The molecule has 19 heavy (non-hydrogen) atoms. The van der Waals surface area contributed by atoms with Gasteiger partial charge in [0.05, 0.1) is 5.60 Å². The molecule has 0 amide bonds. The number of carboxylic acid groups (broad SMARTS) is 1. The van der Waals surface area contributed by atoms with Gasteiger partial charge in [-0.1, -0.05) is 0 Å². The van der Waals surface area contributed by atoms with E-state index < -0.39 is 28.2 Å². The average Bonchev–Trinajstić information content (AvgIpc) is 2.34. The van der Waals surface area contributed by atoms with Gasteiger partial charge in [-0.3, -0.25) is 4.98 Å². The monoisotopic (exact) mass is 286 g/mol. The number of pyridine rings is 1. The second-order valence-electron chi connectivity index (χ2n) is 4.59. The molecule has 1 aromatic heterocycles. The van der Waals surface area contributed by atoms with E-state index in [4.69, 9.17) is 9.84 Å². The van der Waals surface area contributed by atoms with Gasteiger partial charge in [0.15, 0.2) is 0 Å². The number of rotatable bonds is 5. The minimum Gasteiger partial charge on any atom is -0.480 e. The molecule has 0 aromatic carbocycles. The molecule has 8 heteroatoms. The highest BCUT2D eigenvalue weighted by molar-refractivity contribution is 7.89. The Bertz CT molecular complexity index is 566. The second-order valence-corrected chi connectivity index (χ2v) is 6.53. The summed E-state index contributed by atoms with van der Waals surface area (Å²) in [5.41, 5.74) is -0.742. The van der Waals surface area contributed by atoms with Gasteiger partial charge >= 0.3 is 5.97 Å². The Morgan fingerprint density at radius 3 is 2.79 bits per heavy atom. The van der Waals surface area contributed by atoms with Gasteiger partial charge in [-0.25, -0.2) is 13.2 Å².